The molecule has 0 atom stereocenters. The van der Waals surface area contributed by atoms with Gasteiger partial charge in [0.1, 0.15) is 0 Å². The predicted octanol–water partition coefficient (Wildman–Crippen LogP) is 13.3. The Morgan fingerprint density at radius 2 is 0.741 bits per heavy atom. The average Bonchev–Trinajstić information content (AvgIpc) is 3.26. The number of rotatable bonds is 6. The zero-order valence-corrected chi connectivity index (χ0v) is 29.4. The van der Waals surface area contributed by atoms with Crippen molar-refractivity contribution in [3.8, 4) is 67.5 Å². The molecule has 3 nitrogen and oxygen atoms in total. The van der Waals surface area contributed by atoms with Crippen molar-refractivity contribution < 1.29 is 0 Å². The molecule has 0 fully saturated rings. The van der Waals surface area contributed by atoms with Crippen molar-refractivity contribution in [1.82, 2.24) is 15.0 Å². The van der Waals surface area contributed by atoms with Crippen molar-refractivity contribution in [3.63, 3.8) is 0 Å². The lowest BCUT2D eigenvalue weighted by molar-refractivity contribution is 1.08. The highest BCUT2D eigenvalue weighted by molar-refractivity contribution is 6.03. The molecule has 0 aliphatic rings. The summed E-state index contributed by atoms with van der Waals surface area (Å²) in [5.41, 5.74) is 9.80. The van der Waals surface area contributed by atoms with E-state index in [0.717, 1.165) is 44.2 Å². The Morgan fingerprint density at radius 1 is 0.241 bits per heavy atom. The molecule has 0 aliphatic heterocycles. The third-order valence-electron chi connectivity index (χ3n) is 10.3. The molecule has 0 unspecified atom stereocenters. The van der Waals surface area contributed by atoms with E-state index in [2.05, 4.69) is 194 Å². The van der Waals surface area contributed by atoms with E-state index in [1.54, 1.807) is 0 Å². The van der Waals surface area contributed by atoms with E-state index < -0.39 is 0 Å². The lowest BCUT2D eigenvalue weighted by Crippen LogP contribution is -2.01. The number of hydrogen-bond donors (Lipinski definition) is 0. The summed E-state index contributed by atoms with van der Waals surface area (Å²) >= 11 is 0. The van der Waals surface area contributed by atoms with E-state index in [1.807, 2.05) is 6.07 Å². The first-order chi connectivity index (χ1) is 26.7. The first kappa shape index (κ1) is 31.5. The van der Waals surface area contributed by atoms with Crippen molar-refractivity contribution in [1.29, 1.82) is 0 Å². The third-order valence-corrected chi connectivity index (χ3v) is 10.3. The maximum atomic E-state index is 5.24. The highest BCUT2D eigenvalue weighted by Crippen LogP contribution is 2.39. The first-order valence-corrected chi connectivity index (χ1v) is 18.3. The van der Waals surface area contributed by atoms with Gasteiger partial charge in [-0.2, -0.15) is 0 Å². The van der Waals surface area contributed by atoms with Crippen LogP contribution in [-0.2, 0) is 0 Å². The molecule has 0 saturated heterocycles. The molecule has 1 heterocycles. The largest absolute Gasteiger partial charge is 0.208 e. The molecule has 0 saturated carbocycles. The highest BCUT2D eigenvalue weighted by atomic mass is 15.0. The van der Waals surface area contributed by atoms with Gasteiger partial charge in [-0.3, -0.25) is 0 Å². The van der Waals surface area contributed by atoms with Gasteiger partial charge in [0.05, 0.1) is 0 Å². The Hall–Kier alpha value is -7.23. The van der Waals surface area contributed by atoms with Crippen LogP contribution < -0.4 is 0 Å². The fraction of sp³-hybridized carbons (Fsp3) is 0. The Morgan fingerprint density at radius 3 is 1.48 bits per heavy atom. The standard InChI is InChI=1S/C51H33N3/c1-3-12-34(13-4-1)40-26-27-42-33-43(29-28-41(42)32-40)50-52-49(39-24-22-37(23-25-39)45-21-11-18-35-14-7-9-19-44(35)45)53-51(54-50)47-31-30-36-15-8-10-20-46(36)48(47)38-16-5-2-6-17-38/h1-33H. The number of fused-ring (bicyclic) bond motifs is 3. The summed E-state index contributed by atoms with van der Waals surface area (Å²) in [5.74, 6) is 1.90. The van der Waals surface area contributed by atoms with Gasteiger partial charge in [0.25, 0.3) is 0 Å². The molecule has 0 aliphatic carbocycles. The zero-order valence-electron chi connectivity index (χ0n) is 29.4. The van der Waals surface area contributed by atoms with Crippen molar-refractivity contribution in [2.75, 3.05) is 0 Å². The smallest absolute Gasteiger partial charge is 0.164 e. The van der Waals surface area contributed by atoms with E-state index in [-0.39, 0.29) is 0 Å². The van der Waals surface area contributed by atoms with Gasteiger partial charge in [-0.1, -0.05) is 182 Å². The Kier molecular flexibility index (Phi) is 7.81. The summed E-state index contributed by atoms with van der Waals surface area (Å²) in [6.45, 7) is 0. The molecular weight excluding hydrogens is 655 g/mol. The second kappa shape index (κ2) is 13.4. The maximum Gasteiger partial charge on any atom is 0.164 e. The van der Waals surface area contributed by atoms with Crippen LogP contribution in [0.25, 0.3) is 99.9 Å². The number of aromatic nitrogens is 3. The van der Waals surface area contributed by atoms with Crippen molar-refractivity contribution in [2.24, 2.45) is 0 Å². The topological polar surface area (TPSA) is 38.7 Å². The fourth-order valence-corrected chi connectivity index (χ4v) is 7.60. The van der Waals surface area contributed by atoms with Crippen LogP contribution in [0.5, 0.6) is 0 Å². The maximum absolute atomic E-state index is 5.24. The van der Waals surface area contributed by atoms with Crippen LogP contribution >= 0.6 is 0 Å². The molecule has 54 heavy (non-hydrogen) atoms. The Balaban J connectivity index is 1.14. The van der Waals surface area contributed by atoms with E-state index >= 15 is 0 Å². The van der Waals surface area contributed by atoms with E-state index in [9.17, 15) is 0 Å². The van der Waals surface area contributed by atoms with Crippen LogP contribution in [0.1, 0.15) is 0 Å². The van der Waals surface area contributed by atoms with Gasteiger partial charge in [0.15, 0.2) is 17.5 Å². The quantitative estimate of drug-likeness (QED) is 0.175. The second-order valence-electron chi connectivity index (χ2n) is 13.6. The third kappa shape index (κ3) is 5.78. The number of nitrogens with zero attached hydrogens (tertiary/aromatic N) is 3. The SMILES string of the molecule is c1ccc(-c2ccc3cc(-c4nc(-c5ccc(-c6cccc7ccccc67)cc5)nc(-c5ccc6ccccc6c5-c5ccccc5)n4)ccc3c2)cc1. The molecule has 0 radical (unpaired) electrons. The Labute approximate surface area is 313 Å². The minimum Gasteiger partial charge on any atom is -0.208 e. The van der Waals surface area contributed by atoms with Crippen LogP contribution in [-0.4, -0.2) is 15.0 Å². The number of hydrogen-bond acceptors (Lipinski definition) is 3. The lowest BCUT2D eigenvalue weighted by Gasteiger charge is -2.15. The Bertz CT molecular complexity index is 2970. The van der Waals surface area contributed by atoms with Gasteiger partial charge >= 0.3 is 0 Å². The molecule has 0 bridgehead atoms. The average molecular weight is 688 g/mol. The molecule has 252 valence electrons. The molecule has 10 aromatic rings. The van der Waals surface area contributed by atoms with Crippen molar-refractivity contribution in [2.45, 2.75) is 0 Å². The van der Waals surface area contributed by atoms with Gasteiger partial charge in [-0.05, 0) is 78.3 Å². The minimum atomic E-state index is 0.631. The van der Waals surface area contributed by atoms with Gasteiger partial charge in [-0.25, -0.2) is 15.0 Å². The molecule has 10 rings (SSSR count). The van der Waals surface area contributed by atoms with Crippen molar-refractivity contribution in [3.05, 3.63) is 200 Å². The summed E-state index contributed by atoms with van der Waals surface area (Å²) in [4.78, 5) is 15.6. The highest BCUT2D eigenvalue weighted by Gasteiger charge is 2.18. The van der Waals surface area contributed by atoms with Gasteiger partial charge < -0.3 is 0 Å². The van der Waals surface area contributed by atoms with E-state index in [1.165, 1.54) is 38.2 Å². The van der Waals surface area contributed by atoms with Gasteiger partial charge in [0, 0.05) is 22.3 Å². The van der Waals surface area contributed by atoms with Crippen LogP contribution in [0.4, 0.5) is 0 Å². The molecule has 0 spiro atoms. The zero-order chi connectivity index (χ0) is 35.8. The summed E-state index contributed by atoms with van der Waals surface area (Å²) < 4.78 is 0. The van der Waals surface area contributed by atoms with Crippen LogP contribution in [0.3, 0.4) is 0 Å². The van der Waals surface area contributed by atoms with Crippen LogP contribution in [0, 0.1) is 0 Å². The van der Waals surface area contributed by atoms with E-state index in [0.29, 0.717) is 17.5 Å². The molecule has 0 amide bonds. The van der Waals surface area contributed by atoms with Gasteiger partial charge in [0.2, 0.25) is 0 Å². The van der Waals surface area contributed by atoms with Gasteiger partial charge in [-0.15, -0.1) is 0 Å². The molecule has 0 N–H and O–H groups in total. The minimum absolute atomic E-state index is 0.631. The molecular formula is C51H33N3. The first-order valence-electron chi connectivity index (χ1n) is 18.3. The van der Waals surface area contributed by atoms with E-state index in [4.69, 9.17) is 15.0 Å². The lowest BCUT2D eigenvalue weighted by atomic mass is 9.93. The predicted molar refractivity (Wildman–Crippen MR) is 225 cm³/mol. The van der Waals surface area contributed by atoms with Crippen molar-refractivity contribution >= 4 is 32.3 Å². The molecule has 1 aromatic heterocycles. The summed E-state index contributed by atoms with van der Waals surface area (Å²) in [6.07, 6.45) is 0. The number of benzene rings is 9. The normalized spacial score (nSPS) is 11.3. The summed E-state index contributed by atoms with van der Waals surface area (Å²) in [7, 11) is 0. The fourth-order valence-electron chi connectivity index (χ4n) is 7.60. The summed E-state index contributed by atoms with van der Waals surface area (Å²) in [5, 5.41) is 7.08. The summed E-state index contributed by atoms with van der Waals surface area (Å²) in [6, 6.07) is 70.6. The molecule has 9 aromatic carbocycles. The van der Waals surface area contributed by atoms with Crippen LogP contribution in [0.15, 0.2) is 200 Å². The molecule has 3 heteroatoms. The second-order valence-corrected chi connectivity index (χ2v) is 13.6. The van der Waals surface area contributed by atoms with Crippen LogP contribution in [0.2, 0.25) is 0 Å². The monoisotopic (exact) mass is 687 g/mol.